The van der Waals surface area contributed by atoms with Crippen molar-refractivity contribution in [2.45, 2.75) is 38.8 Å². The normalized spacial score (nSPS) is 24.2. The van der Waals surface area contributed by atoms with Crippen LogP contribution in [0, 0.1) is 11.8 Å². The van der Waals surface area contributed by atoms with Crippen LogP contribution in [0.15, 0.2) is 54.7 Å². The highest BCUT2D eigenvalue weighted by Gasteiger charge is 2.38. The Bertz CT molecular complexity index is 1130. The standard InChI is InChI=1S/C27H32N4O2/c1-2-18-17-31-12-11-19(18)13-22(31)16-29-14-20-7-9-25(24-6-4-3-5-23(20)24)33-26-10-8-21(15-30-26)27(28)32/h3-10,15,18-19,22,29H,2,11-14,16-17H2,1H3,(H2,28,32)/t18-,19?,22-/m0/s1. The Hall–Kier alpha value is -2.96. The molecule has 3 aliphatic heterocycles. The third-order valence-electron chi connectivity index (χ3n) is 7.44. The molecule has 3 saturated heterocycles. The minimum absolute atomic E-state index is 0.362. The maximum Gasteiger partial charge on any atom is 0.250 e. The summed E-state index contributed by atoms with van der Waals surface area (Å²) < 4.78 is 6.04. The van der Waals surface area contributed by atoms with E-state index in [4.69, 9.17) is 10.5 Å². The Morgan fingerprint density at radius 3 is 2.73 bits per heavy atom. The summed E-state index contributed by atoms with van der Waals surface area (Å²) in [6, 6.07) is 16.4. The Morgan fingerprint density at radius 1 is 1.18 bits per heavy atom. The molecule has 4 heterocycles. The molecule has 2 unspecified atom stereocenters. The van der Waals surface area contributed by atoms with Gasteiger partial charge in [0.05, 0.1) is 5.56 Å². The molecule has 2 aromatic carbocycles. The second-order valence-corrected chi connectivity index (χ2v) is 9.35. The number of hydrogen-bond acceptors (Lipinski definition) is 5. The lowest BCUT2D eigenvalue weighted by atomic mass is 9.74. The molecule has 0 saturated carbocycles. The fourth-order valence-corrected chi connectivity index (χ4v) is 5.57. The number of aromatic nitrogens is 1. The molecule has 0 spiro atoms. The van der Waals surface area contributed by atoms with E-state index in [1.165, 1.54) is 49.5 Å². The molecule has 6 nitrogen and oxygen atoms in total. The number of pyridine rings is 1. The fraction of sp³-hybridized carbons (Fsp3) is 0.407. The summed E-state index contributed by atoms with van der Waals surface area (Å²) in [5.41, 5.74) is 6.92. The van der Waals surface area contributed by atoms with Crippen LogP contribution in [0.5, 0.6) is 11.6 Å². The summed E-state index contributed by atoms with van der Waals surface area (Å²) in [6.07, 6.45) is 5.46. The van der Waals surface area contributed by atoms with Gasteiger partial charge in [-0.05, 0) is 54.3 Å². The molecular weight excluding hydrogens is 412 g/mol. The Morgan fingerprint density at radius 2 is 2.03 bits per heavy atom. The van der Waals surface area contributed by atoms with Crippen molar-refractivity contribution in [3.63, 3.8) is 0 Å². The van der Waals surface area contributed by atoms with Gasteiger partial charge in [-0.2, -0.15) is 0 Å². The first-order chi connectivity index (χ1) is 16.1. The molecule has 0 radical (unpaired) electrons. The zero-order valence-electron chi connectivity index (χ0n) is 19.2. The van der Waals surface area contributed by atoms with E-state index >= 15 is 0 Å². The number of fused-ring (bicyclic) bond motifs is 4. The number of amides is 1. The van der Waals surface area contributed by atoms with Crippen molar-refractivity contribution in [3.05, 3.63) is 65.9 Å². The van der Waals surface area contributed by atoms with Gasteiger partial charge in [-0.15, -0.1) is 0 Å². The summed E-state index contributed by atoms with van der Waals surface area (Å²) in [5.74, 6) is 2.49. The van der Waals surface area contributed by atoms with Crippen molar-refractivity contribution >= 4 is 16.7 Å². The van der Waals surface area contributed by atoms with Crippen LogP contribution >= 0.6 is 0 Å². The number of primary amides is 1. The van der Waals surface area contributed by atoms with Crippen molar-refractivity contribution in [2.24, 2.45) is 17.6 Å². The van der Waals surface area contributed by atoms with Crippen molar-refractivity contribution in [3.8, 4) is 11.6 Å². The minimum atomic E-state index is -0.501. The molecule has 1 amide bonds. The van der Waals surface area contributed by atoms with Crippen LogP contribution in [-0.4, -0.2) is 41.5 Å². The number of nitrogens with two attached hydrogens (primary N) is 1. The topological polar surface area (TPSA) is 80.5 Å². The van der Waals surface area contributed by atoms with Crippen LogP contribution in [-0.2, 0) is 6.54 Å². The molecule has 33 heavy (non-hydrogen) atoms. The largest absolute Gasteiger partial charge is 0.438 e. The van der Waals surface area contributed by atoms with E-state index in [-0.39, 0.29) is 0 Å². The van der Waals surface area contributed by atoms with Gasteiger partial charge in [0, 0.05) is 43.3 Å². The lowest BCUT2D eigenvalue weighted by Crippen LogP contribution is -2.56. The summed E-state index contributed by atoms with van der Waals surface area (Å²) in [5, 5.41) is 5.95. The zero-order valence-corrected chi connectivity index (χ0v) is 19.2. The SMILES string of the molecule is CC[C@H]1CN2CCC1C[C@H]2CNCc1ccc(Oc2ccc(C(N)=O)cn2)c2ccccc12. The molecule has 172 valence electrons. The molecule has 6 heteroatoms. The number of carbonyl (C=O) groups is 1. The van der Waals surface area contributed by atoms with Gasteiger partial charge in [-0.3, -0.25) is 9.69 Å². The minimum Gasteiger partial charge on any atom is -0.438 e. The molecule has 6 rings (SSSR count). The van der Waals surface area contributed by atoms with Crippen molar-refractivity contribution < 1.29 is 9.53 Å². The molecule has 0 aliphatic carbocycles. The van der Waals surface area contributed by atoms with Crippen molar-refractivity contribution in [2.75, 3.05) is 19.6 Å². The number of nitrogens with zero attached hydrogens (tertiary/aromatic N) is 2. The monoisotopic (exact) mass is 444 g/mol. The zero-order chi connectivity index (χ0) is 22.8. The number of carbonyl (C=O) groups excluding carboxylic acids is 1. The highest BCUT2D eigenvalue weighted by molar-refractivity contribution is 5.92. The average molecular weight is 445 g/mol. The summed E-state index contributed by atoms with van der Waals surface area (Å²) in [4.78, 5) is 18.2. The predicted molar refractivity (Wildman–Crippen MR) is 130 cm³/mol. The fourth-order valence-electron chi connectivity index (χ4n) is 5.57. The van der Waals surface area contributed by atoms with Gasteiger partial charge >= 0.3 is 0 Å². The van der Waals surface area contributed by atoms with Crippen LogP contribution in [0.1, 0.15) is 42.1 Å². The number of rotatable bonds is 8. The number of piperidine rings is 3. The predicted octanol–water partition coefficient (Wildman–Crippen LogP) is 4.34. The molecular formula is C27H32N4O2. The maximum atomic E-state index is 11.3. The third-order valence-corrected chi connectivity index (χ3v) is 7.44. The Labute approximate surface area is 195 Å². The van der Waals surface area contributed by atoms with Gasteiger partial charge in [0.25, 0.3) is 0 Å². The van der Waals surface area contributed by atoms with Gasteiger partial charge in [0.15, 0.2) is 0 Å². The lowest BCUT2D eigenvalue weighted by Gasteiger charge is -2.50. The van der Waals surface area contributed by atoms with Crippen molar-refractivity contribution in [1.29, 1.82) is 0 Å². The van der Waals surface area contributed by atoms with Crippen LogP contribution in [0.25, 0.3) is 10.8 Å². The first-order valence-corrected chi connectivity index (χ1v) is 12.0. The first kappa shape index (κ1) is 21.9. The van der Waals surface area contributed by atoms with E-state index in [0.29, 0.717) is 17.5 Å². The van der Waals surface area contributed by atoms with E-state index in [1.807, 2.05) is 12.1 Å². The second-order valence-electron chi connectivity index (χ2n) is 9.35. The van der Waals surface area contributed by atoms with Crippen LogP contribution < -0.4 is 15.8 Å². The van der Waals surface area contributed by atoms with E-state index < -0.39 is 5.91 Å². The van der Waals surface area contributed by atoms with Gasteiger partial charge in [-0.1, -0.05) is 43.7 Å². The molecule has 1 aromatic heterocycles. The number of benzene rings is 2. The summed E-state index contributed by atoms with van der Waals surface area (Å²) in [7, 11) is 0. The first-order valence-electron chi connectivity index (χ1n) is 12.0. The maximum absolute atomic E-state index is 11.3. The van der Waals surface area contributed by atoms with Crippen molar-refractivity contribution in [1.82, 2.24) is 15.2 Å². The molecule has 2 bridgehead atoms. The Balaban J connectivity index is 1.27. The molecule has 3 aliphatic rings. The quantitative estimate of drug-likeness (QED) is 0.540. The molecule has 3 aromatic rings. The van der Waals surface area contributed by atoms with E-state index in [2.05, 4.69) is 46.4 Å². The van der Waals surface area contributed by atoms with Gasteiger partial charge in [0.1, 0.15) is 5.75 Å². The molecule has 3 fully saturated rings. The molecule has 3 N–H and O–H groups in total. The second kappa shape index (κ2) is 9.49. The Kier molecular flexibility index (Phi) is 6.29. The van der Waals surface area contributed by atoms with Crippen LogP contribution in [0.4, 0.5) is 0 Å². The number of ether oxygens (including phenoxy) is 1. The van der Waals surface area contributed by atoms with E-state index in [0.717, 1.165) is 36.1 Å². The van der Waals surface area contributed by atoms with Gasteiger partial charge < -0.3 is 15.8 Å². The van der Waals surface area contributed by atoms with Gasteiger partial charge in [0.2, 0.25) is 11.8 Å². The summed E-state index contributed by atoms with van der Waals surface area (Å²) >= 11 is 0. The number of nitrogens with one attached hydrogen (secondary N) is 1. The van der Waals surface area contributed by atoms with E-state index in [1.54, 1.807) is 12.1 Å². The average Bonchev–Trinajstić information content (AvgIpc) is 2.86. The highest BCUT2D eigenvalue weighted by atomic mass is 16.5. The molecule has 4 atom stereocenters. The van der Waals surface area contributed by atoms with Gasteiger partial charge in [-0.25, -0.2) is 4.98 Å². The third kappa shape index (κ3) is 4.59. The number of hydrogen-bond donors (Lipinski definition) is 2. The van der Waals surface area contributed by atoms with Crippen LogP contribution in [0.3, 0.4) is 0 Å². The van der Waals surface area contributed by atoms with E-state index in [9.17, 15) is 4.79 Å². The highest BCUT2D eigenvalue weighted by Crippen LogP contribution is 2.37. The van der Waals surface area contributed by atoms with Crippen LogP contribution in [0.2, 0.25) is 0 Å². The lowest BCUT2D eigenvalue weighted by molar-refractivity contribution is 0.000341. The summed E-state index contributed by atoms with van der Waals surface area (Å²) in [6.45, 7) is 6.74. The smallest absolute Gasteiger partial charge is 0.250 e.